The second kappa shape index (κ2) is 7.06. The quantitative estimate of drug-likeness (QED) is 0.653. The van der Waals surface area contributed by atoms with Crippen LogP contribution in [0.3, 0.4) is 0 Å². The van der Waals surface area contributed by atoms with Gasteiger partial charge in [-0.1, -0.05) is 6.07 Å². The second-order valence-corrected chi connectivity index (χ2v) is 4.93. The SMILES string of the molecule is COc1ccc(C(O)COc2ccc(C)c([N+](=O)[O-])c2)cc1F. The van der Waals surface area contributed by atoms with Gasteiger partial charge in [0.25, 0.3) is 5.69 Å². The second-order valence-electron chi connectivity index (χ2n) is 4.93. The molecule has 2 aromatic rings. The Labute approximate surface area is 132 Å². The molecule has 0 saturated heterocycles. The third kappa shape index (κ3) is 3.95. The summed E-state index contributed by atoms with van der Waals surface area (Å²) in [6, 6.07) is 8.51. The van der Waals surface area contributed by atoms with Crippen molar-refractivity contribution in [1.82, 2.24) is 0 Å². The van der Waals surface area contributed by atoms with Gasteiger partial charge in [-0.15, -0.1) is 0 Å². The standard InChI is InChI=1S/C16H16FNO5/c1-10-3-5-12(8-14(10)18(20)21)23-9-15(19)11-4-6-16(22-2)13(17)7-11/h3-8,15,19H,9H2,1-2H3. The van der Waals surface area contributed by atoms with E-state index in [1.807, 2.05) is 0 Å². The van der Waals surface area contributed by atoms with E-state index in [1.54, 1.807) is 19.1 Å². The zero-order valence-electron chi connectivity index (χ0n) is 12.7. The van der Waals surface area contributed by atoms with E-state index in [0.717, 1.165) is 6.07 Å². The molecule has 0 heterocycles. The first-order valence-corrected chi connectivity index (χ1v) is 6.81. The van der Waals surface area contributed by atoms with Crippen molar-refractivity contribution in [2.24, 2.45) is 0 Å². The van der Waals surface area contributed by atoms with Gasteiger partial charge >= 0.3 is 0 Å². The molecule has 0 fully saturated rings. The fourth-order valence-electron chi connectivity index (χ4n) is 2.04. The number of rotatable bonds is 6. The molecule has 2 rings (SSSR count). The van der Waals surface area contributed by atoms with E-state index in [9.17, 15) is 19.6 Å². The number of aliphatic hydroxyl groups is 1. The summed E-state index contributed by atoms with van der Waals surface area (Å²) in [4.78, 5) is 10.4. The first-order chi connectivity index (χ1) is 10.9. The first kappa shape index (κ1) is 16.7. The van der Waals surface area contributed by atoms with Gasteiger partial charge in [-0.25, -0.2) is 4.39 Å². The number of nitrogens with zero attached hydrogens (tertiary/aromatic N) is 1. The first-order valence-electron chi connectivity index (χ1n) is 6.81. The molecule has 1 unspecified atom stereocenters. The van der Waals surface area contributed by atoms with Crippen LogP contribution in [0.15, 0.2) is 36.4 Å². The molecule has 0 aliphatic rings. The lowest BCUT2D eigenvalue weighted by molar-refractivity contribution is -0.385. The Bertz CT molecular complexity index is 720. The highest BCUT2D eigenvalue weighted by molar-refractivity contribution is 5.45. The number of aryl methyl sites for hydroxylation is 1. The van der Waals surface area contributed by atoms with Crippen LogP contribution in [-0.2, 0) is 0 Å². The van der Waals surface area contributed by atoms with Crippen molar-refractivity contribution in [2.45, 2.75) is 13.0 Å². The van der Waals surface area contributed by atoms with Crippen molar-refractivity contribution in [2.75, 3.05) is 13.7 Å². The van der Waals surface area contributed by atoms with Gasteiger partial charge in [0.15, 0.2) is 11.6 Å². The predicted molar refractivity (Wildman–Crippen MR) is 81.2 cm³/mol. The molecule has 0 spiro atoms. The number of nitro benzene ring substituents is 1. The summed E-state index contributed by atoms with van der Waals surface area (Å²) < 4.78 is 23.8. The molecule has 23 heavy (non-hydrogen) atoms. The van der Waals surface area contributed by atoms with Gasteiger partial charge in [-0.2, -0.15) is 0 Å². The highest BCUT2D eigenvalue weighted by Gasteiger charge is 2.15. The summed E-state index contributed by atoms with van der Waals surface area (Å²) in [6.07, 6.45) is -1.07. The molecule has 6 nitrogen and oxygen atoms in total. The Kier molecular flexibility index (Phi) is 5.13. The number of methoxy groups -OCH3 is 1. The zero-order chi connectivity index (χ0) is 17.0. The van der Waals surface area contributed by atoms with Gasteiger partial charge in [-0.3, -0.25) is 10.1 Å². The third-order valence-corrected chi connectivity index (χ3v) is 3.35. The smallest absolute Gasteiger partial charge is 0.276 e. The summed E-state index contributed by atoms with van der Waals surface area (Å²) in [5, 5.41) is 20.9. The van der Waals surface area contributed by atoms with Gasteiger partial charge in [0.05, 0.1) is 18.1 Å². The van der Waals surface area contributed by atoms with E-state index in [0.29, 0.717) is 11.1 Å². The minimum absolute atomic E-state index is 0.0625. The Morgan fingerprint density at radius 3 is 2.65 bits per heavy atom. The monoisotopic (exact) mass is 321 g/mol. The number of ether oxygens (including phenoxy) is 2. The molecule has 0 aromatic heterocycles. The van der Waals surface area contributed by atoms with Gasteiger partial charge in [-0.05, 0) is 36.8 Å². The van der Waals surface area contributed by atoms with E-state index in [-0.39, 0.29) is 23.8 Å². The molecular formula is C16H16FNO5. The van der Waals surface area contributed by atoms with Crippen LogP contribution in [0.5, 0.6) is 11.5 Å². The van der Waals surface area contributed by atoms with E-state index >= 15 is 0 Å². The highest BCUT2D eigenvalue weighted by atomic mass is 19.1. The maximum atomic E-state index is 13.6. The Morgan fingerprint density at radius 2 is 2.04 bits per heavy atom. The lowest BCUT2D eigenvalue weighted by atomic mass is 10.1. The predicted octanol–water partition coefficient (Wildman–Crippen LogP) is 3.16. The minimum Gasteiger partial charge on any atom is -0.494 e. The molecule has 0 aliphatic carbocycles. The molecule has 122 valence electrons. The topological polar surface area (TPSA) is 81.8 Å². The van der Waals surface area contributed by atoms with Crippen LogP contribution in [-0.4, -0.2) is 23.7 Å². The molecule has 0 aliphatic heterocycles. The van der Waals surface area contributed by atoms with E-state index in [4.69, 9.17) is 9.47 Å². The Hall–Kier alpha value is -2.67. The minimum atomic E-state index is -1.07. The summed E-state index contributed by atoms with van der Waals surface area (Å²) in [7, 11) is 1.35. The van der Waals surface area contributed by atoms with Gasteiger partial charge < -0.3 is 14.6 Å². The zero-order valence-corrected chi connectivity index (χ0v) is 12.7. The number of aliphatic hydroxyl groups excluding tert-OH is 1. The highest BCUT2D eigenvalue weighted by Crippen LogP contribution is 2.26. The molecule has 1 atom stereocenters. The number of halogens is 1. The summed E-state index contributed by atoms with van der Waals surface area (Å²) >= 11 is 0. The molecule has 2 aromatic carbocycles. The van der Waals surface area contributed by atoms with Gasteiger partial charge in [0, 0.05) is 5.56 Å². The Morgan fingerprint density at radius 1 is 1.30 bits per heavy atom. The maximum Gasteiger partial charge on any atom is 0.276 e. The Balaban J connectivity index is 2.07. The molecule has 0 bridgehead atoms. The van der Waals surface area contributed by atoms with Crippen LogP contribution in [0.1, 0.15) is 17.2 Å². The number of hydrogen-bond acceptors (Lipinski definition) is 5. The average Bonchev–Trinajstić information content (AvgIpc) is 2.53. The summed E-state index contributed by atoms with van der Waals surface area (Å²) in [5.41, 5.74) is 0.775. The lowest BCUT2D eigenvalue weighted by Gasteiger charge is -2.14. The van der Waals surface area contributed by atoms with Crippen LogP contribution < -0.4 is 9.47 Å². The third-order valence-electron chi connectivity index (χ3n) is 3.35. The molecule has 0 radical (unpaired) electrons. The van der Waals surface area contributed by atoms with E-state index in [2.05, 4.69) is 0 Å². The van der Waals surface area contributed by atoms with E-state index < -0.39 is 16.8 Å². The number of benzene rings is 2. The fraction of sp³-hybridized carbons (Fsp3) is 0.250. The van der Waals surface area contributed by atoms with Crippen molar-refractivity contribution in [3.05, 3.63) is 63.5 Å². The maximum absolute atomic E-state index is 13.6. The van der Waals surface area contributed by atoms with Crippen molar-refractivity contribution < 1.29 is 23.9 Å². The van der Waals surface area contributed by atoms with Crippen LogP contribution >= 0.6 is 0 Å². The van der Waals surface area contributed by atoms with Crippen molar-refractivity contribution >= 4 is 5.69 Å². The van der Waals surface area contributed by atoms with Crippen molar-refractivity contribution in [3.63, 3.8) is 0 Å². The summed E-state index contributed by atoms with van der Waals surface area (Å²) in [6.45, 7) is 1.46. The molecule has 1 N–H and O–H groups in total. The molecule has 0 saturated carbocycles. The van der Waals surface area contributed by atoms with E-state index in [1.165, 1.54) is 25.3 Å². The average molecular weight is 321 g/mol. The lowest BCUT2D eigenvalue weighted by Crippen LogP contribution is -2.10. The fourth-order valence-corrected chi connectivity index (χ4v) is 2.04. The van der Waals surface area contributed by atoms with Crippen LogP contribution in [0.25, 0.3) is 0 Å². The largest absolute Gasteiger partial charge is 0.494 e. The van der Waals surface area contributed by atoms with Crippen molar-refractivity contribution in [3.8, 4) is 11.5 Å². The van der Waals surface area contributed by atoms with Crippen LogP contribution in [0.4, 0.5) is 10.1 Å². The number of nitro groups is 1. The number of hydrogen-bond donors (Lipinski definition) is 1. The van der Waals surface area contributed by atoms with Gasteiger partial charge in [0.1, 0.15) is 18.5 Å². The molecule has 7 heteroatoms. The molecule has 0 amide bonds. The van der Waals surface area contributed by atoms with Crippen molar-refractivity contribution in [1.29, 1.82) is 0 Å². The normalized spacial score (nSPS) is 11.8. The van der Waals surface area contributed by atoms with Crippen LogP contribution in [0.2, 0.25) is 0 Å². The van der Waals surface area contributed by atoms with Crippen LogP contribution in [0, 0.1) is 22.9 Å². The summed E-state index contributed by atoms with van der Waals surface area (Å²) in [5.74, 6) is -0.249. The van der Waals surface area contributed by atoms with Gasteiger partial charge in [0.2, 0.25) is 0 Å². The molecular weight excluding hydrogens is 305 g/mol.